The molecule has 1 aromatic rings. The Morgan fingerprint density at radius 3 is 2.70 bits per heavy atom. The molecule has 6 nitrogen and oxygen atoms in total. The number of amides is 2. The van der Waals surface area contributed by atoms with Crippen LogP contribution in [0.15, 0.2) is 24.4 Å². The van der Waals surface area contributed by atoms with E-state index in [-0.39, 0.29) is 11.6 Å². The Bertz CT molecular complexity index is 423. The smallest absolute Gasteiger partial charge is 0.288 e. The van der Waals surface area contributed by atoms with E-state index >= 15 is 0 Å². The van der Waals surface area contributed by atoms with Crippen molar-refractivity contribution in [3.8, 4) is 0 Å². The van der Waals surface area contributed by atoms with Gasteiger partial charge >= 0.3 is 0 Å². The maximum absolute atomic E-state index is 11.8. The molecule has 0 aliphatic carbocycles. The highest BCUT2D eigenvalue weighted by molar-refractivity contribution is 5.94. The molecule has 110 valence electrons. The van der Waals surface area contributed by atoms with Crippen molar-refractivity contribution in [3.05, 3.63) is 30.1 Å². The molecule has 0 spiro atoms. The quantitative estimate of drug-likeness (QED) is 0.584. The fraction of sp³-hybridized carbons (Fsp3) is 0.500. The van der Waals surface area contributed by atoms with Crippen LogP contribution in [0.1, 0.15) is 43.6 Å². The van der Waals surface area contributed by atoms with Gasteiger partial charge in [-0.25, -0.2) is 0 Å². The van der Waals surface area contributed by atoms with Crippen LogP contribution in [-0.2, 0) is 9.53 Å². The van der Waals surface area contributed by atoms with Crippen molar-refractivity contribution in [2.24, 2.45) is 0 Å². The van der Waals surface area contributed by atoms with Gasteiger partial charge in [-0.05, 0) is 25.0 Å². The highest BCUT2D eigenvalue weighted by Gasteiger charge is 2.17. The van der Waals surface area contributed by atoms with Crippen LogP contribution in [0.5, 0.6) is 0 Å². The molecule has 1 rings (SSSR count). The van der Waals surface area contributed by atoms with Gasteiger partial charge in [0.25, 0.3) is 11.8 Å². The normalized spacial score (nSPS) is 11.7. The number of nitrogens with one attached hydrogen (secondary N) is 2. The van der Waals surface area contributed by atoms with Gasteiger partial charge in [0, 0.05) is 12.8 Å². The summed E-state index contributed by atoms with van der Waals surface area (Å²) in [6.07, 6.45) is 3.43. The topological polar surface area (TPSA) is 80.3 Å². The van der Waals surface area contributed by atoms with Crippen molar-refractivity contribution in [2.45, 2.75) is 39.2 Å². The number of hydrogen-bond donors (Lipinski definition) is 2. The van der Waals surface area contributed by atoms with Gasteiger partial charge in [-0.3, -0.25) is 25.4 Å². The summed E-state index contributed by atoms with van der Waals surface area (Å²) < 4.78 is 5.45. The summed E-state index contributed by atoms with van der Waals surface area (Å²) in [5, 5.41) is 0. The monoisotopic (exact) mass is 279 g/mol. The standard InChI is InChI=1S/C14H21N3O3/c1-3-5-10-20-12(4-2)14(19)17-16-13(18)11-8-6-7-9-15-11/h6-9,12H,3-5,10H2,1-2H3,(H,16,18)(H,17,19). The Kier molecular flexibility index (Phi) is 7.27. The maximum atomic E-state index is 11.8. The van der Waals surface area contributed by atoms with Crippen molar-refractivity contribution in [1.29, 1.82) is 0 Å². The van der Waals surface area contributed by atoms with Crippen LogP contribution < -0.4 is 10.9 Å². The summed E-state index contributed by atoms with van der Waals surface area (Å²) >= 11 is 0. The number of nitrogens with zero attached hydrogens (tertiary/aromatic N) is 1. The number of carbonyl (C=O) groups excluding carboxylic acids is 2. The molecule has 0 fully saturated rings. The number of ether oxygens (including phenoxy) is 1. The first-order chi connectivity index (χ1) is 9.69. The lowest BCUT2D eigenvalue weighted by atomic mass is 10.2. The number of rotatable bonds is 7. The molecule has 0 aliphatic rings. The molecule has 0 radical (unpaired) electrons. The summed E-state index contributed by atoms with van der Waals surface area (Å²) in [6.45, 7) is 4.45. The van der Waals surface area contributed by atoms with E-state index in [1.165, 1.54) is 6.20 Å². The number of unbranched alkanes of at least 4 members (excludes halogenated alkanes) is 1. The number of aromatic nitrogens is 1. The molecule has 0 aromatic carbocycles. The number of hydrazine groups is 1. The van der Waals surface area contributed by atoms with E-state index in [1.807, 2.05) is 6.92 Å². The average Bonchev–Trinajstić information content (AvgIpc) is 2.50. The van der Waals surface area contributed by atoms with Gasteiger partial charge in [0.05, 0.1) is 0 Å². The van der Waals surface area contributed by atoms with Crippen LogP contribution in [-0.4, -0.2) is 29.5 Å². The molecule has 1 atom stereocenters. The van der Waals surface area contributed by atoms with Crippen molar-refractivity contribution in [3.63, 3.8) is 0 Å². The Labute approximate surface area is 118 Å². The van der Waals surface area contributed by atoms with Crippen LogP contribution in [0.2, 0.25) is 0 Å². The lowest BCUT2D eigenvalue weighted by Crippen LogP contribution is -2.47. The van der Waals surface area contributed by atoms with E-state index in [2.05, 4.69) is 22.8 Å². The number of carbonyl (C=O) groups is 2. The van der Waals surface area contributed by atoms with Crippen molar-refractivity contribution >= 4 is 11.8 Å². The van der Waals surface area contributed by atoms with Crippen molar-refractivity contribution in [2.75, 3.05) is 6.61 Å². The Morgan fingerprint density at radius 1 is 1.30 bits per heavy atom. The summed E-state index contributed by atoms with van der Waals surface area (Å²) in [5.41, 5.74) is 4.92. The molecule has 1 heterocycles. The van der Waals surface area contributed by atoms with Crippen LogP contribution >= 0.6 is 0 Å². The molecule has 20 heavy (non-hydrogen) atoms. The summed E-state index contributed by atoms with van der Waals surface area (Å²) in [5.74, 6) is -0.810. The Balaban J connectivity index is 2.39. The second-order valence-electron chi connectivity index (χ2n) is 4.28. The highest BCUT2D eigenvalue weighted by atomic mass is 16.5. The third-order valence-corrected chi connectivity index (χ3v) is 2.68. The van der Waals surface area contributed by atoms with Crippen LogP contribution in [0, 0.1) is 0 Å². The zero-order chi connectivity index (χ0) is 14.8. The van der Waals surface area contributed by atoms with E-state index in [4.69, 9.17) is 4.74 Å². The molecule has 0 aliphatic heterocycles. The summed E-state index contributed by atoms with van der Waals surface area (Å²) in [7, 11) is 0. The average molecular weight is 279 g/mol. The third-order valence-electron chi connectivity index (χ3n) is 2.68. The second-order valence-corrected chi connectivity index (χ2v) is 4.28. The van der Waals surface area contributed by atoms with Crippen LogP contribution in [0.3, 0.4) is 0 Å². The second kappa shape index (κ2) is 9.03. The van der Waals surface area contributed by atoms with E-state index in [0.717, 1.165) is 12.8 Å². The Morgan fingerprint density at radius 2 is 2.10 bits per heavy atom. The van der Waals surface area contributed by atoms with Gasteiger partial charge in [-0.1, -0.05) is 26.3 Å². The zero-order valence-corrected chi connectivity index (χ0v) is 11.9. The minimum atomic E-state index is -0.550. The van der Waals surface area contributed by atoms with E-state index in [0.29, 0.717) is 13.0 Å². The molecular weight excluding hydrogens is 258 g/mol. The van der Waals surface area contributed by atoms with E-state index in [9.17, 15) is 9.59 Å². The largest absolute Gasteiger partial charge is 0.368 e. The summed E-state index contributed by atoms with van der Waals surface area (Å²) in [4.78, 5) is 27.4. The first-order valence-corrected chi connectivity index (χ1v) is 6.81. The molecule has 2 N–H and O–H groups in total. The lowest BCUT2D eigenvalue weighted by Gasteiger charge is -2.16. The predicted octanol–water partition coefficient (Wildman–Crippen LogP) is 1.44. The van der Waals surface area contributed by atoms with Crippen LogP contribution in [0.25, 0.3) is 0 Å². The van der Waals surface area contributed by atoms with E-state index in [1.54, 1.807) is 18.2 Å². The molecule has 0 saturated carbocycles. The van der Waals surface area contributed by atoms with Gasteiger partial charge in [0.15, 0.2) is 0 Å². The number of pyridine rings is 1. The zero-order valence-electron chi connectivity index (χ0n) is 11.9. The first-order valence-electron chi connectivity index (χ1n) is 6.81. The highest BCUT2D eigenvalue weighted by Crippen LogP contribution is 2.00. The van der Waals surface area contributed by atoms with Crippen molar-refractivity contribution in [1.82, 2.24) is 15.8 Å². The van der Waals surface area contributed by atoms with Gasteiger partial charge in [-0.2, -0.15) is 0 Å². The molecular formula is C14H21N3O3. The minimum Gasteiger partial charge on any atom is -0.368 e. The van der Waals surface area contributed by atoms with Gasteiger partial charge in [0.1, 0.15) is 11.8 Å². The van der Waals surface area contributed by atoms with Gasteiger partial charge in [-0.15, -0.1) is 0 Å². The lowest BCUT2D eigenvalue weighted by molar-refractivity contribution is -0.133. The molecule has 6 heteroatoms. The predicted molar refractivity (Wildman–Crippen MR) is 74.8 cm³/mol. The SMILES string of the molecule is CCCCOC(CC)C(=O)NNC(=O)c1ccccn1. The maximum Gasteiger partial charge on any atom is 0.288 e. The van der Waals surface area contributed by atoms with Crippen LogP contribution in [0.4, 0.5) is 0 Å². The summed E-state index contributed by atoms with van der Waals surface area (Å²) in [6, 6.07) is 4.98. The van der Waals surface area contributed by atoms with Gasteiger partial charge in [0.2, 0.25) is 0 Å². The molecule has 0 saturated heterocycles. The van der Waals surface area contributed by atoms with Gasteiger partial charge < -0.3 is 4.74 Å². The Hall–Kier alpha value is -1.95. The third kappa shape index (κ3) is 5.36. The minimum absolute atomic E-state index is 0.243. The molecule has 2 amide bonds. The number of hydrogen-bond acceptors (Lipinski definition) is 4. The fourth-order valence-corrected chi connectivity index (χ4v) is 1.51. The van der Waals surface area contributed by atoms with E-state index < -0.39 is 12.0 Å². The first kappa shape index (κ1) is 16.1. The molecule has 1 aromatic heterocycles. The fourth-order valence-electron chi connectivity index (χ4n) is 1.51. The van der Waals surface area contributed by atoms with Crippen molar-refractivity contribution < 1.29 is 14.3 Å². The molecule has 0 bridgehead atoms. The molecule has 1 unspecified atom stereocenters.